The third-order valence-electron chi connectivity index (χ3n) is 3.97. The Balaban J connectivity index is 1.98. The predicted octanol–water partition coefficient (Wildman–Crippen LogP) is 2.17. The minimum atomic E-state index is -3.73. The number of benzene rings is 2. The van der Waals surface area contributed by atoms with Crippen molar-refractivity contribution < 1.29 is 13.2 Å². The normalized spacial score (nSPS) is 13.1. The minimum absolute atomic E-state index is 0.0596. The van der Waals surface area contributed by atoms with Crippen LogP contribution in [0.1, 0.15) is 25.0 Å². The molecule has 7 nitrogen and oxygen atoms in total. The summed E-state index contributed by atoms with van der Waals surface area (Å²) in [4.78, 5) is 4.59. The molecule has 152 valence electrons. The van der Waals surface area contributed by atoms with Crippen molar-refractivity contribution in [1.29, 1.82) is 0 Å². The lowest BCUT2D eigenvalue weighted by Crippen LogP contribution is -2.41. The molecule has 2 aromatic carbocycles. The van der Waals surface area contributed by atoms with Gasteiger partial charge in [0.2, 0.25) is 10.0 Å². The van der Waals surface area contributed by atoms with Gasteiger partial charge in [-0.2, -0.15) is 0 Å². The molecule has 0 saturated heterocycles. The zero-order valence-electron chi connectivity index (χ0n) is 16.5. The second-order valence-corrected chi connectivity index (χ2v) is 8.02. The predicted molar refractivity (Wildman–Crippen MR) is 112 cm³/mol. The van der Waals surface area contributed by atoms with Crippen LogP contribution in [-0.2, 0) is 16.6 Å². The molecule has 0 radical (unpaired) electrons. The van der Waals surface area contributed by atoms with Crippen LogP contribution in [0.3, 0.4) is 0 Å². The van der Waals surface area contributed by atoms with Gasteiger partial charge in [-0.05, 0) is 50.1 Å². The summed E-state index contributed by atoms with van der Waals surface area (Å²) in [5.74, 6) is 1.49. The first-order valence-electron chi connectivity index (χ1n) is 9.15. The largest absolute Gasteiger partial charge is 0.489 e. The van der Waals surface area contributed by atoms with Gasteiger partial charge in [-0.25, -0.2) is 18.5 Å². The zero-order valence-corrected chi connectivity index (χ0v) is 17.3. The van der Waals surface area contributed by atoms with E-state index >= 15 is 0 Å². The van der Waals surface area contributed by atoms with Crippen LogP contribution in [0.15, 0.2) is 58.4 Å². The van der Waals surface area contributed by atoms with E-state index in [-0.39, 0.29) is 11.0 Å². The van der Waals surface area contributed by atoms with E-state index < -0.39 is 10.0 Å². The first-order chi connectivity index (χ1) is 13.3. The fourth-order valence-corrected chi connectivity index (χ4v) is 3.10. The van der Waals surface area contributed by atoms with Gasteiger partial charge in [0.25, 0.3) is 0 Å². The zero-order chi connectivity index (χ0) is 20.6. The number of hydrogen-bond donors (Lipinski definition) is 3. The Kier molecular flexibility index (Phi) is 7.83. The van der Waals surface area contributed by atoms with Crippen molar-refractivity contribution in [2.45, 2.75) is 38.3 Å². The summed E-state index contributed by atoms with van der Waals surface area (Å²) in [6.07, 6.45) is -0.0596. The highest BCUT2D eigenvalue weighted by molar-refractivity contribution is 7.89. The highest BCUT2D eigenvalue weighted by Gasteiger charge is 2.09. The first-order valence-corrected chi connectivity index (χ1v) is 10.7. The molecule has 28 heavy (non-hydrogen) atoms. The number of nitrogens with zero attached hydrogens (tertiary/aromatic N) is 1. The smallest absolute Gasteiger partial charge is 0.238 e. The summed E-state index contributed by atoms with van der Waals surface area (Å²) >= 11 is 0. The van der Waals surface area contributed by atoms with Crippen molar-refractivity contribution in [2.24, 2.45) is 10.1 Å². The molecule has 0 aromatic heterocycles. The lowest BCUT2D eigenvalue weighted by atomic mass is 10.2. The van der Waals surface area contributed by atoms with Crippen LogP contribution in [0.2, 0.25) is 0 Å². The van der Waals surface area contributed by atoms with E-state index in [4.69, 9.17) is 9.88 Å². The van der Waals surface area contributed by atoms with Crippen molar-refractivity contribution in [3.8, 4) is 5.75 Å². The molecule has 4 N–H and O–H groups in total. The van der Waals surface area contributed by atoms with Crippen LogP contribution in [0.5, 0.6) is 5.75 Å². The van der Waals surface area contributed by atoms with Crippen molar-refractivity contribution in [3.63, 3.8) is 0 Å². The molecule has 0 aliphatic heterocycles. The number of nitrogens with one attached hydrogen (secondary N) is 2. The number of ether oxygens (including phenoxy) is 1. The highest BCUT2D eigenvalue weighted by atomic mass is 32.2. The fraction of sp³-hybridized carbons (Fsp3) is 0.350. The number of rotatable bonds is 8. The van der Waals surface area contributed by atoms with Gasteiger partial charge in [0, 0.05) is 6.54 Å². The molecule has 0 bridgehead atoms. The third-order valence-corrected chi connectivity index (χ3v) is 4.88. The number of aryl methyl sites for hydroxylation is 1. The molecule has 0 spiro atoms. The summed E-state index contributed by atoms with van der Waals surface area (Å²) in [7, 11) is -3.73. The molecule has 1 atom stereocenters. The van der Waals surface area contributed by atoms with Gasteiger partial charge in [-0.1, -0.05) is 30.3 Å². The summed E-state index contributed by atoms with van der Waals surface area (Å²) in [6.45, 7) is 7.57. The summed E-state index contributed by atoms with van der Waals surface area (Å²) < 4.78 is 28.9. The second kappa shape index (κ2) is 10.1. The SMILES string of the molecule is CCNC(=NCc1cccc(S(N)(=O)=O)c1)NCC(C)Oc1ccccc1C. The average molecular weight is 405 g/mol. The molecule has 0 saturated carbocycles. The number of sulfonamides is 1. The molecule has 0 heterocycles. The number of para-hydroxylation sites is 1. The lowest BCUT2D eigenvalue weighted by molar-refractivity contribution is 0.222. The van der Waals surface area contributed by atoms with Crippen LogP contribution >= 0.6 is 0 Å². The van der Waals surface area contributed by atoms with Gasteiger partial charge in [0.05, 0.1) is 18.0 Å². The van der Waals surface area contributed by atoms with E-state index in [9.17, 15) is 8.42 Å². The Morgan fingerprint density at radius 3 is 2.61 bits per heavy atom. The van der Waals surface area contributed by atoms with Crippen LogP contribution < -0.4 is 20.5 Å². The molecule has 0 aliphatic rings. The Labute approximate surface area is 167 Å². The highest BCUT2D eigenvalue weighted by Crippen LogP contribution is 2.17. The second-order valence-electron chi connectivity index (χ2n) is 6.46. The third kappa shape index (κ3) is 6.86. The van der Waals surface area contributed by atoms with E-state index in [0.717, 1.165) is 16.9 Å². The van der Waals surface area contributed by atoms with E-state index in [1.807, 2.05) is 51.1 Å². The van der Waals surface area contributed by atoms with E-state index in [1.165, 1.54) is 12.1 Å². The van der Waals surface area contributed by atoms with Crippen molar-refractivity contribution in [2.75, 3.05) is 13.1 Å². The number of hydrogen-bond acceptors (Lipinski definition) is 4. The van der Waals surface area contributed by atoms with Crippen molar-refractivity contribution >= 4 is 16.0 Å². The minimum Gasteiger partial charge on any atom is -0.489 e. The summed E-state index contributed by atoms with van der Waals surface area (Å²) in [5.41, 5.74) is 1.84. The van der Waals surface area contributed by atoms with E-state index in [2.05, 4.69) is 15.6 Å². The standard InChI is InChI=1S/C20H28N4O3S/c1-4-22-20(23-13-16(3)27-19-11-6-5-8-15(19)2)24-14-17-9-7-10-18(12-17)28(21,25)26/h5-12,16H,4,13-14H2,1-3H3,(H2,21,25,26)(H2,22,23,24). The topological polar surface area (TPSA) is 106 Å². The Morgan fingerprint density at radius 1 is 1.18 bits per heavy atom. The van der Waals surface area contributed by atoms with Gasteiger partial charge in [-0.15, -0.1) is 0 Å². The van der Waals surface area contributed by atoms with Crippen LogP contribution in [-0.4, -0.2) is 33.6 Å². The first kappa shape index (κ1) is 21.7. The fourth-order valence-electron chi connectivity index (χ4n) is 2.52. The maximum Gasteiger partial charge on any atom is 0.238 e. The monoisotopic (exact) mass is 404 g/mol. The number of guanidine groups is 1. The summed E-state index contributed by atoms with van der Waals surface area (Å²) in [6, 6.07) is 14.4. The van der Waals surface area contributed by atoms with Gasteiger partial charge in [0.15, 0.2) is 5.96 Å². The summed E-state index contributed by atoms with van der Waals surface area (Å²) in [5, 5.41) is 11.6. The molecular weight excluding hydrogens is 376 g/mol. The lowest BCUT2D eigenvalue weighted by Gasteiger charge is -2.18. The van der Waals surface area contributed by atoms with Crippen LogP contribution in [0.25, 0.3) is 0 Å². The van der Waals surface area contributed by atoms with Gasteiger partial charge >= 0.3 is 0 Å². The van der Waals surface area contributed by atoms with Crippen molar-refractivity contribution in [1.82, 2.24) is 10.6 Å². The Bertz CT molecular complexity index is 913. The van der Waals surface area contributed by atoms with Gasteiger partial charge in [0.1, 0.15) is 11.9 Å². The number of primary sulfonamides is 1. The molecule has 0 amide bonds. The van der Waals surface area contributed by atoms with Crippen LogP contribution in [0.4, 0.5) is 0 Å². The molecule has 0 aliphatic carbocycles. The van der Waals surface area contributed by atoms with Crippen LogP contribution in [0, 0.1) is 6.92 Å². The Hall–Kier alpha value is -2.58. The molecule has 8 heteroatoms. The molecule has 2 rings (SSSR count). The average Bonchev–Trinajstić information content (AvgIpc) is 2.65. The molecule has 0 fully saturated rings. The molecular formula is C20H28N4O3S. The van der Waals surface area contributed by atoms with Gasteiger partial charge < -0.3 is 15.4 Å². The maximum atomic E-state index is 11.5. The molecule has 1 unspecified atom stereocenters. The van der Waals surface area contributed by atoms with E-state index in [0.29, 0.717) is 25.6 Å². The maximum absolute atomic E-state index is 11.5. The molecule has 2 aromatic rings. The quantitative estimate of drug-likeness (QED) is 0.462. The van der Waals surface area contributed by atoms with E-state index in [1.54, 1.807) is 6.07 Å². The number of nitrogens with two attached hydrogens (primary N) is 1. The number of aliphatic imine (C=N–C) groups is 1. The Morgan fingerprint density at radius 2 is 1.93 bits per heavy atom. The van der Waals surface area contributed by atoms with Crippen molar-refractivity contribution in [3.05, 3.63) is 59.7 Å². The van der Waals surface area contributed by atoms with Gasteiger partial charge in [-0.3, -0.25) is 0 Å².